The van der Waals surface area contributed by atoms with Crippen LogP contribution in [0.4, 0.5) is 5.69 Å². The number of nitrogens with zero attached hydrogens (tertiary/aromatic N) is 1. The van der Waals surface area contributed by atoms with Crippen LogP contribution in [0.5, 0.6) is 11.5 Å². The average molecular weight is 503 g/mol. The van der Waals surface area contributed by atoms with Gasteiger partial charge in [-0.3, -0.25) is 14.4 Å². The molecule has 0 saturated carbocycles. The second-order valence-electron chi connectivity index (χ2n) is 8.22. The van der Waals surface area contributed by atoms with E-state index >= 15 is 0 Å². The Morgan fingerprint density at radius 2 is 1.59 bits per heavy atom. The Kier molecular flexibility index (Phi) is 9.78. The Bertz CT molecular complexity index is 1250. The first-order chi connectivity index (χ1) is 17.8. The lowest BCUT2D eigenvalue weighted by Crippen LogP contribution is -2.37. The van der Waals surface area contributed by atoms with E-state index in [-0.39, 0.29) is 19.1 Å². The fourth-order valence-electron chi connectivity index (χ4n) is 3.45. The summed E-state index contributed by atoms with van der Waals surface area (Å²) in [6.45, 7) is 6.16. The predicted molar refractivity (Wildman–Crippen MR) is 142 cm³/mol. The van der Waals surface area contributed by atoms with Crippen LogP contribution in [-0.4, -0.2) is 37.1 Å². The van der Waals surface area contributed by atoms with Crippen molar-refractivity contribution in [3.63, 3.8) is 0 Å². The molecule has 3 N–H and O–H groups in total. The van der Waals surface area contributed by atoms with E-state index < -0.39 is 11.8 Å². The molecule has 192 valence electrons. The molecule has 0 bridgehead atoms. The number of aryl methyl sites for hydroxylation is 2. The maximum absolute atomic E-state index is 12.4. The van der Waals surface area contributed by atoms with Crippen molar-refractivity contribution in [1.29, 1.82) is 0 Å². The smallest absolute Gasteiger partial charge is 0.329 e. The first-order valence-electron chi connectivity index (χ1n) is 11.8. The van der Waals surface area contributed by atoms with Gasteiger partial charge in [-0.1, -0.05) is 36.4 Å². The second kappa shape index (κ2) is 13.4. The molecule has 37 heavy (non-hydrogen) atoms. The highest BCUT2D eigenvalue weighted by Crippen LogP contribution is 2.28. The fourth-order valence-corrected chi connectivity index (χ4v) is 3.45. The molecule has 0 aliphatic heterocycles. The number of hydrogen-bond acceptors (Lipinski definition) is 6. The third kappa shape index (κ3) is 8.81. The van der Waals surface area contributed by atoms with Gasteiger partial charge < -0.3 is 20.1 Å². The first-order valence-corrected chi connectivity index (χ1v) is 11.8. The van der Waals surface area contributed by atoms with Gasteiger partial charge in [0.25, 0.3) is 5.91 Å². The number of ether oxygens (including phenoxy) is 2. The van der Waals surface area contributed by atoms with Crippen LogP contribution in [0.25, 0.3) is 0 Å². The molecule has 0 heterocycles. The summed E-state index contributed by atoms with van der Waals surface area (Å²) in [5.74, 6) is -1.17. The van der Waals surface area contributed by atoms with Crippen molar-refractivity contribution in [3.8, 4) is 11.5 Å². The lowest BCUT2D eigenvalue weighted by molar-refractivity contribution is -0.139. The molecule has 0 aliphatic rings. The number of nitrogens with one attached hydrogen (secondary N) is 3. The molecule has 3 amide bonds. The summed E-state index contributed by atoms with van der Waals surface area (Å²) in [6, 6.07) is 20.0. The third-order valence-corrected chi connectivity index (χ3v) is 5.01. The molecule has 0 radical (unpaired) electrons. The van der Waals surface area contributed by atoms with Gasteiger partial charge in [-0.05, 0) is 73.4 Å². The maximum Gasteiger partial charge on any atom is 0.329 e. The number of amides is 3. The zero-order valence-corrected chi connectivity index (χ0v) is 21.0. The molecule has 9 nitrogen and oxygen atoms in total. The van der Waals surface area contributed by atoms with Crippen LogP contribution in [0.2, 0.25) is 0 Å². The lowest BCUT2D eigenvalue weighted by Gasteiger charge is -2.13. The monoisotopic (exact) mass is 502 g/mol. The van der Waals surface area contributed by atoms with E-state index in [2.05, 4.69) is 21.2 Å². The molecule has 0 spiro atoms. The Morgan fingerprint density at radius 1 is 0.865 bits per heavy atom. The number of rotatable bonds is 10. The van der Waals surface area contributed by atoms with Crippen molar-refractivity contribution in [2.45, 2.75) is 27.3 Å². The highest BCUT2D eigenvalue weighted by Gasteiger charge is 2.12. The molecule has 3 aromatic carbocycles. The van der Waals surface area contributed by atoms with E-state index in [0.717, 1.165) is 16.7 Å². The molecule has 0 saturated heterocycles. The molecule has 0 fully saturated rings. The molecule has 9 heteroatoms. The lowest BCUT2D eigenvalue weighted by atomic mass is 10.1. The van der Waals surface area contributed by atoms with Crippen LogP contribution in [0.15, 0.2) is 71.8 Å². The van der Waals surface area contributed by atoms with E-state index in [1.807, 2.05) is 69.3 Å². The number of benzene rings is 3. The van der Waals surface area contributed by atoms with E-state index in [9.17, 15) is 14.4 Å². The van der Waals surface area contributed by atoms with E-state index in [4.69, 9.17) is 9.47 Å². The summed E-state index contributed by atoms with van der Waals surface area (Å²) in [6.07, 6.45) is 1.38. The first kappa shape index (κ1) is 26.9. The minimum atomic E-state index is -0.882. The molecule has 3 rings (SSSR count). The van der Waals surface area contributed by atoms with Crippen molar-refractivity contribution in [3.05, 3.63) is 89.0 Å². The van der Waals surface area contributed by atoms with E-state index in [1.165, 1.54) is 6.21 Å². The van der Waals surface area contributed by atoms with Crippen molar-refractivity contribution in [1.82, 2.24) is 10.7 Å². The summed E-state index contributed by atoms with van der Waals surface area (Å²) in [5, 5.41) is 9.19. The molecule has 0 aliphatic carbocycles. The normalized spacial score (nSPS) is 10.6. The van der Waals surface area contributed by atoms with Gasteiger partial charge in [-0.25, -0.2) is 5.43 Å². The number of hydrazone groups is 1. The van der Waals surface area contributed by atoms with E-state index in [1.54, 1.807) is 18.2 Å². The maximum atomic E-state index is 12.4. The van der Waals surface area contributed by atoms with Crippen LogP contribution >= 0.6 is 0 Å². The summed E-state index contributed by atoms with van der Waals surface area (Å²) in [7, 11) is 0. The number of anilines is 1. The van der Waals surface area contributed by atoms with Crippen molar-refractivity contribution in [2.75, 3.05) is 18.5 Å². The zero-order chi connectivity index (χ0) is 26.6. The number of hydrogen-bond donors (Lipinski definition) is 3. The van der Waals surface area contributed by atoms with Gasteiger partial charge in [0, 0.05) is 12.2 Å². The molecular weight excluding hydrogens is 472 g/mol. The molecule has 3 aromatic rings. The molecule has 0 atom stereocenters. The Balaban J connectivity index is 1.53. The van der Waals surface area contributed by atoms with Gasteiger partial charge in [0.15, 0.2) is 18.1 Å². The zero-order valence-electron chi connectivity index (χ0n) is 21.0. The minimum absolute atomic E-state index is 0.200. The van der Waals surface area contributed by atoms with Crippen LogP contribution in [0.3, 0.4) is 0 Å². The van der Waals surface area contributed by atoms with E-state index in [0.29, 0.717) is 29.4 Å². The molecule has 0 aromatic heterocycles. The molecule has 0 unspecified atom stereocenters. The van der Waals surface area contributed by atoms with Gasteiger partial charge in [-0.2, -0.15) is 5.10 Å². The van der Waals surface area contributed by atoms with Crippen molar-refractivity contribution in [2.24, 2.45) is 5.10 Å². The Labute approximate surface area is 215 Å². The van der Waals surface area contributed by atoms with Gasteiger partial charge >= 0.3 is 11.8 Å². The largest absolute Gasteiger partial charge is 0.490 e. The average Bonchev–Trinajstić information content (AvgIpc) is 2.87. The van der Waals surface area contributed by atoms with Crippen LogP contribution < -0.4 is 25.5 Å². The SMILES string of the molecule is CCOc1cc(C=NNC(=O)C(=O)NCc2ccccc2)ccc1OCC(=O)Nc1cc(C)cc(C)c1. The number of carbonyl (C=O) groups excluding carboxylic acids is 3. The van der Waals surface area contributed by atoms with Gasteiger partial charge in [0.05, 0.1) is 12.8 Å². The topological polar surface area (TPSA) is 118 Å². The Hall–Kier alpha value is -4.66. The van der Waals surface area contributed by atoms with Crippen molar-refractivity contribution >= 4 is 29.6 Å². The standard InChI is InChI=1S/C28H30N4O5/c1-4-36-25-15-22(17-30-32-28(35)27(34)29-16-21-8-6-5-7-9-21)10-11-24(25)37-18-26(33)31-23-13-19(2)12-20(3)14-23/h5-15,17H,4,16,18H2,1-3H3,(H,29,34)(H,31,33)(H,32,35). The third-order valence-electron chi connectivity index (χ3n) is 5.01. The highest BCUT2D eigenvalue weighted by molar-refractivity contribution is 6.35. The van der Waals surface area contributed by atoms with Gasteiger partial charge in [0.1, 0.15) is 0 Å². The minimum Gasteiger partial charge on any atom is -0.490 e. The quantitative estimate of drug-likeness (QED) is 0.223. The van der Waals surface area contributed by atoms with Crippen LogP contribution in [0.1, 0.15) is 29.2 Å². The van der Waals surface area contributed by atoms with Gasteiger partial charge in [-0.15, -0.1) is 0 Å². The van der Waals surface area contributed by atoms with Crippen LogP contribution in [-0.2, 0) is 20.9 Å². The summed E-state index contributed by atoms with van der Waals surface area (Å²) in [5.41, 5.74) is 6.48. The Morgan fingerprint density at radius 3 is 2.30 bits per heavy atom. The summed E-state index contributed by atoms with van der Waals surface area (Å²) >= 11 is 0. The summed E-state index contributed by atoms with van der Waals surface area (Å²) < 4.78 is 11.3. The predicted octanol–water partition coefficient (Wildman–Crippen LogP) is 3.49. The fraction of sp³-hybridized carbons (Fsp3) is 0.214. The summed E-state index contributed by atoms with van der Waals surface area (Å²) in [4.78, 5) is 36.3. The van der Waals surface area contributed by atoms with Gasteiger partial charge in [0.2, 0.25) is 0 Å². The van der Waals surface area contributed by atoms with Crippen molar-refractivity contribution < 1.29 is 23.9 Å². The number of carbonyl (C=O) groups is 3. The van der Waals surface area contributed by atoms with Crippen LogP contribution in [0, 0.1) is 13.8 Å². The second-order valence-corrected chi connectivity index (χ2v) is 8.22. The highest BCUT2D eigenvalue weighted by atomic mass is 16.5. The molecular formula is C28H30N4O5.